The quantitative estimate of drug-likeness (QED) is 0.618. The zero-order valence-corrected chi connectivity index (χ0v) is 16.5. The van der Waals surface area contributed by atoms with Crippen molar-refractivity contribution in [3.05, 3.63) is 41.4 Å². The van der Waals surface area contributed by atoms with E-state index in [2.05, 4.69) is 0 Å². The fourth-order valence-corrected chi connectivity index (χ4v) is 3.98. The van der Waals surface area contributed by atoms with Crippen molar-refractivity contribution >= 4 is 44.3 Å². The van der Waals surface area contributed by atoms with Crippen LogP contribution in [-0.4, -0.2) is 51.0 Å². The number of nitrogens with zero attached hydrogens (tertiary/aromatic N) is 1. The maximum atomic E-state index is 13.0. The van der Waals surface area contributed by atoms with Crippen molar-refractivity contribution in [2.45, 2.75) is 18.7 Å². The SMILES string of the molecule is CCOC(=O)CN(CC(=O)OCC)S(=O)(=O)c1ccc2cc(Cl)ccc2c1. The molecule has 0 saturated carbocycles. The minimum Gasteiger partial charge on any atom is -0.465 e. The van der Waals surface area contributed by atoms with Gasteiger partial charge in [-0.05, 0) is 48.9 Å². The summed E-state index contributed by atoms with van der Waals surface area (Å²) in [5.41, 5.74) is 0. The molecule has 0 spiro atoms. The van der Waals surface area contributed by atoms with Crippen LogP contribution in [0.25, 0.3) is 10.8 Å². The molecule has 2 rings (SSSR count). The van der Waals surface area contributed by atoms with Crippen molar-refractivity contribution in [3.8, 4) is 0 Å². The second-order valence-corrected chi connectivity index (χ2v) is 7.91. The Bertz CT molecular complexity index is 924. The number of hydrogen-bond acceptors (Lipinski definition) is 6. The summed E-state index contributed by atoms with van der Waals surface area (Å²) >= 11 is 5.94. The third-order valence-corrected chi connectivity index (χ3v) is 5.66. The average Bonchev–Trinajstić information content (AvgIpc) is 2.61. The Kier molecular flexibility index (Phi) is 7.18. The van der Waals surface area contributed by atoms with Crippen LogP contribution in [0, 0.1) is 0 Å². The maximum Gasteiger partial charge on any atom is 0.321 e. The topological polar surface area (TPSA) is 90.0 Å². The third-order valence-electron chi connectivity index (χ3n) is 3.63. The van der Waals surface area contributed by atoms with Crippen molar-refractivity contribution in [3.63, 3.8) is 0 Å². The maximum absolute atomic E-state index is 13.0. The molecule has 2 aromatic rings. The van der Waals surface area contributed by atoms with E-state index in [0.717, 1.165) is 9.69 Å². The Labute approximate surface area is 162 Å². The van der Waals surface area contributed by atoms with E-state index < -0.39 is 35.1 Å². The van der Waals surface area contributed by atoms with Gasteiger partial charge in [-0.25, -0.2) is 8.42 Å². The normalized spacial score (nSPS) is 11.6. The lowest BCUT2D eigenvalue weighted by atomic mass is 10.1. The molecule has 0 bridgehead atoms. The Balaban J connectivity index is 2.40. The molecule has 0 aliphatic rings. The van der Waals surface area contributed by atoms with Gasteiger partial charge in [0.1, 0.15) is 13.1 Å². The van der Waals surface area contributed by atoms with E-state index in [9.17, 15) is 18.0 Å². The van der Waals surface area contributed by atoms with Crippen LogP contribution in [0.5, 0.6) is 0 Å². The fraction of sp³-hybridized carbons (Fsp3) is 0.333. The zero-order chi connectivity index (χ0) is 20.0. The summed E-state index contributed by atoms with van der Waals surface area (Å²) in [5.74, 6) is -1.50. The lowest BCUT2D eigenvalue weighted by Gasteiger charge is -2.20. The molecule has 0 amide bonds. The first-order chi connectivity index (χ1) is 12.8. The molecule has 0 aliphatic carbocycles. The van der Waals surface area contributed by atoms with Crippen molar-refractivity contribution in [1.29, 1.82) is 0 Å². The van der Waals surface area contributed by atoms with Crippen LogP contribution in [-0.2, 0) is 29.1 Å². The molecule has 0 aromatic heterocycles. The van der Waals surface area contributed by atoms with Crippen molar-refractivity contribution < 1.29 is 27.5 Å². The molecular weight excluding hydrogens is 394 g/mol. The van der Waals surface area contributed by atoms with Crippen molar-refractivity contribution in [2.24, 2.45) is 0 Å². The van der Waals surface area contributed by atoms with Gasteiger partial charge in [0.2, 0.25) is 10.0 Å². The molecule has 0 fully saturated rings. The number of carbonyl (C=O) groups excluding carboxylic acids is 2. The molecular formula is C18H20ClNO6S. The van der Waals surface area contributed by atoms with Crippen LogP contribution in [0.2, 0.25) is 5.02 Å². The summed E-state index contributed by atoms with van der Waals surface area (Å²) in [5, 5.41) is 1.96. The first-order valence-electron chi connectivity index (χ1n) is 8.28. The number of halogens is 1. The molecule has 0 N–H and O–H groups in total. The molecule has 27 heavy (non-hydrogen) atoms. The first-order valence-corrected chi connectivity index (χ1v) is 10.1. The minimum absolute atomic E-state index is 0.0501. The molecule has 0 saturated heterocycles. The molecule has 0 heterocycles. The van der Waals surface area contributed by atoms with E-state index in [4.69, 9.17) is 21.1 Å². The van der Waals surface area contributed by atoms with E-state index in [-0.39, 0.29) is 18.1 Å². The predicted molar refractivity (Wildman–Crippen MR) is 101 cm³/mol. The molecule has 0 unspecified atom stereocenters. The summed E-state index contributed by atoms with van der Waals surface area (Å²) < 4.78 is 36.4. The van der Waals surface area contributed by atoms with Crippen molar-refractivity contribution in [1.82, 2.24) is 4.31 Å². The Morgan fingerprint density at radius 1 is 0.926 bits per heavy atom. The molecule has 0 radical (unpaired) electrons. The molecule has 146 valence electrons. The van der Waals surface area contributed by atoms with Gasteiger partial charge in [0.05, 0.1) is 18.1 Å². The number of hydrogen-bond donors (Lipinski definition) is 0. The largest absolute Gasteiger partial charge is 0.465 e. The average molecular weight is 414 g/mol. The molecule has 0 atom stereocenters. The highest BCUT2D eigenvalue weighted by atomic mass is 35.5. The highest BCUT2D eigenvalue weighted by Gasteiger charge is 2.30. The van der Waals surface area contributed by atoms with Crippen LogP contribution in [0.3, 0.4) is 0 Å². The number of esters is 2. The lowest BCUT2D eigenvalue weighted by molar-refractivity contribution is -0.146. The number of benzene rings is 2. The van der Waals surface area contributed by atoms with E-state index in [0.29, 0.717) is 10.4 Å². The second-order valence-electron chi connectivity index (χ2n) is 5.54. The summed E-state index contributed by atoms with van der Waals surface area (Å²) in [6.07, 6.45) is 0. The number of fused-ring (bicyclic) bond motifs is 1. The standard InChI is InChI=1S/C18H20ClNO6S/c1-3-25-17(21)11-20(12-18(22)26-4-2)27(23,24)16-8-6-13-9-15(19)7-5-14(13)10-16/h5-10H,3-4,11-12H2,1-2H3. The van der Waals surface area contributed by atoms with Gasteiger partial charge >= 0.3 is 11.9 Å². The summed E-state index contributed by atoms with van der Waals surface area (Å²) in [7, 11) is -4.13. The van der Waals surface area contributed by atoms with Crippen LogP contribution in [0.4, 0.5) is 0 Å². The van der Waals surface area contributed by atoms with Gasteiger partial charge in [-0.1, -0.05) is 23.7 Å². The second kappa shape index (κ2) is 9.16. The highest BCUT2D eigenvalue weighted by molar-refractivity contribution is 7.89. The van der Waals surface area contributed by atoms with Crippen LogP contribution < -0.4 is 0 Å². The molecule has 9 heteroatoms. The third kappa shape index (κ3) is 5.41. The minimum atomic E-state index is -4.13. The van der Waals surface area contributed by atoms with Crippen LogP contribution in [0.15, 0.2) is 41.3 Å². The van der Waals surface area contributed by atoms with Gasteiger partial charge in [-0.15, -0.1) is 0 Å². The number of ether oxygens (including phenoxy) is 2. The van der Waals surface area contributed by atoms with E-state index in [1.54, 1.807) is 38.1 Å². The van der Waals surface area contributed by atoms with Gasteiger partial charge in [0.25, 0.3) is 0 Å². The van der Waals surface area contributed by atoms with Gasteiger partial charge in [-0.3, -0.25) is 9.59 Å². The Morgan fingerprint density at radius 2 is 1.44 bits per heavy atom. The number of carbonyl (C=O) groups is 2. The number of rotatable bonds is 8. The zero-order valence-electron chi connectivity index (χ0n) is 15.0. The smallest absolute Gasteiger partial charge is 0.321 e. The van der Waals surface area contributed by atoms with Gasteiger partial charge in [0.15, 0.2) is 0 Å². The molecule has 0 aliphatic heterocycles. The monoisotopic (exact) mass is 413 g/mol. The predicted octanol–water partition coefficient (Wildman–Crippen LogP) is 2.61. The first kappa shape index (κ1) is 21.1. The summed E-state index contributed by atoms with van der Waals surface area (Å²) in [4.78, 5) is 23.6. The highest BCUT2D eigenvalue weighted by Crippen LogP contribution is 2.24. The van der Waals surface area contributed by atoms with Gasteiger partial charge < -0.3 is 9.47 Å². The van der Waals surface area contributed by atoms with Crippen molar-refractivity contribution in [2.75, 3.05) is 26.3 Å². The van der Waals surface area contributed by atoms with E-state index in [1.807, 2.05) is 0 Å². The fourth-order valence-electron chi connectivity index (χ4n) is 2.43. The van der Waals surface area contributed by atoms with E-state index >= 15 is 0 Å². The van der Waals surface area contributed by atoms with E-state index in [1.165, 1.54) is 12.1 Å². The summed E-state index contributed by atoms with van der Waals surface area (Å²) in [6.45, 7) is 2.24. The Hall–Kier alpha value is -2.16. The number of sulfonamides is 1. The molecule has 7 nitrogen and oxygen atoms in total. The van der Waals surface area contributed by atoms with Crippen LogP contribution >= 0.6 is 11.6 Å². The summed E-state index contributed by atoms with van der Waals surface area (Å²) in [6, 6.07) is 9.53. The molecule has 2 aromatic carbocycles. The van der Waals surface area contributed by atoms with Gasteiger partial charge in [0, 0.05) is 5.02 Å². The van der Waals surface area contributed by atoms with Gasteiger partial charge in [-0.2, -0.15) is 4.31 Å². The lowest BCUT2D eigenvalue weighted by Crippen LogP contribution is -2.40. The Morgan fingerprint density at radius 3 is 2.00 bits per heavy atom. The van der Waals surface area contributed by atoms with Crippen LogP contribution in [0.1, 0.15) is 13.8 Å².